The summed E-state index contributed by atoms with van der Waals surface area (Å²) in [6.07, 6.45) is -39.3. The summed E-state index contributed by atoms with van der Waals surface area (Å²) in [6, 6.07) is 0. The SMILES string of the molecule is CC1(C)CC23CC[C@H]4[C@@](C)(CCC[C@@]4(C)C(=O)O[C@@H]4O[C@H](CO)[C@@H](O)[C@H](O[C@@H]5O[C@H](CO)[C@@H](O)[C@H](O)[C@H]5O)[C@H]4O[C@@H]4O[C@H](CO)[C@@H](O)[C@H](O)[C@H]4O)[C@@H]2CC[C@]1(O[C@@H]1O[C@H](CO)[C@@H](O)[C@H](O)[C@H]1O[C@@H]1O[C@H](CO)[C@@H](O)[C@H](O)[C@H]1O)C3. The van der Waals surface area contributed by atoms with E-state index in [9.17, 15) is 86.8 Å². The zero-order valence-electron chi connectivity index (χ0n) is 44.6. The van der Waals surface area contributed by atoms with Gasteiger partial charge < -0.3 is 134 Å². The molecule has 0 amide bonds. The highest BCUT2D eigenvalue weighted by Gasteiger charge is 2.73. The second-order valence-electron chi connectivity index (χ2n) is 24.9. The van der Waals surface area contributed by atoms with Crippen LogP contribution in [0.2, 0.25) is 0 Å². The van der Waals surface area contributed by atoms with Crippen LogP contribution in [-0.4, -0.2) is 285 Å². The highest BCUT2D eigenvalue weighted by molar-refractivity contribution is 5.77. The molecule has 9 fully saturated rings. The average Bonchev–Trinajstić information content (AvgIpc) is 2.99. The summed E-state index contributed by atoms with van der Waals surface area (Å²) >= 11 is 0. The van der Waals surface area contributed by atoms with Crippen molar-refractivity contribution in [2.24, 2.45) is 33.5 Å². The van der Waals surface area contributed by atoms with Crippen LogP contribution in [-0.2, 0) is 52.2 Å². The standard InChI is InChI=1S/C51H84O28/c1-47(2)17-50-10-6-24-48(3,25(50)7-11-51(47,18-50)79-45-39(34(65)29(60)22(15-55)74-45)76-42-36(67)32(63)27(58)20(13-53)71-42)8-5-9-49(24,4)46(69)78-44-40(77-43-37(68)33(64)28(59)21(14-54)72-43)38(30(61)23(16-56)73-44)75-41-35(66)31(62)26(57)19(12-52)70-41/h19-45,52-68H,5-18H2,1-4H3/t19-,20-,21-,22-,23-,24+,25+,26-,27-,28-,29-,30-,31+,32+,33+,34+,35-,36-,37-,38+,39-,40-,41+,42+,43+,44+,45+,48-,49-,50?,51+/m1/s1. The molecule has 9 rings (SSSR count). The average molecular weight is 1150 g/mol. The Balaban J connectivity index is 0.977. The Kier molecular flexibility index (Phi) is 18.3. The number of aliphatic hydroxyl groups is 17. The number of carbonyl (C=O) groups excluding carboxylic acids is 1. The van der Waals surface area contributed by atoms with Crippen LogP contribution < -0.4 is 0 Å². The molecule has 9 aliphatic rings. The maximum absolute atomic E-state index is 15.3. The van der Waals surface area contributed by atoms with Crippen LogP contribution in [0.25, 0.3) is 0 Å². The topological polar surface area (TPSA) is 453 Å². The fourth-order valence-corrected chi connectivity index (χ4v) is 15.8. The minimum atomic E-state index is -2.04. The predicted molar refractivity (Wildman–Crippen MR) is 256 cm³/mol. The number of fused-ring (bicyclic) bond motifs is 3. The molecule has 31 atom stereocenters. The quantitative estimate of drug-likeness (QED) is 0.0535. The van der Waals surface area contributed by atoms with Gasteiger partial charge in [-0.05, 0) is 86.4 Å². The molecule has 1 spiro atoms. The van der Waals surface area contributed by atoms with Gasteiger partial charge in [-0.1, -0.05) is 27.2 Å². The molecule has 1 unspecified atom stereocenters. The molecule has 17 N–H and O–H groups in total. The number of esters is 1. The molecule has 28 heteroatoms. The lowest BCUT2D eigenvalue weighted by atomic mass is 9.41. The zero-order valence-corrected chi connectivity index (χ0v) is 44.6. The zero-order chi connectivity index (χ0) is 57.6. The first-order valence-electron chi connectivity index (χ1n) is 27.5. The maximum atomic E-state index is 15.3. The second-order valence-corrected chi connectivity index (χ2v) is 24.9. The van der Waals surface area contributed by atoms with Crippen LogP contribution in [0.3, 0.4) is 0 Å². The Labute approximate surface area is 455 Å². The van der Waals surface area contributed by atoms with E-state index >= 15 is 4.79 Å². The summed E-state index contributed by atoms with van der Waals surface area (Å²) < 4.78 is 60.6. The van der Waals surface area contributed by atoms with E-state index in [4.69, 9.17) is 47.4 Å². The van der Waals surface area contributed by atoms with E-state index in [1.165, 1.54) is 0 Å². The number of rotatable bonds is 15. The number of carbonyl (C=O) groups is 1. The van der Waals surface area contributed by atoms with Gasteiger partial charge in [0.15, 0.2) is 31.3 Å². The largest absolute Gasteiger partial charge is 0.432 e. The van der Waals surface area contributed by atoms with Crippen molar-refractivity contribution in [2.75, 3.05) is 33.0 Å². The summed E-state index contributed by atoms with van der Waals surface area (Å²) in [7, 11) is 0. The van der Waals surface area contributed by atoms with Gasteiger partial charge in [-0.25, -0.2) is 0 Å². The lowest BCUT2D eigenvalue weighted by Gasteiger charge is -2.64. The van der Waals surface area contributed by atoms with Crippen molar-refractivity contribution in [2.45, 2.75) is 245 Å². The lowest BCUT2D eigenvalue weighted by Crippen LogP contribution is -2.67. The van der Waals surface area contributed by atoms with Crippen molar-refractivity contribution in [1.82, 2.24) is 0 Å². The molecular weight excluding hydrogens is 1060 g/mol. The third-order valence-electron chi connectivity index (χ3n) is 20.0. The van der Waals surface area contributed by atoms with Crippen molar-refractivity contribution in [3.8, 4) is 0 Å². The maximum Gasteiger partial charge on any atom is 0.314 e. The summed E-state index contributed by atoms with van der Waals surface area (Å²) in [5.41, 5.74) is -3.78. The van der Waals surface area contributed by atoms with Gasteiger partial charge in [-0.3, -0.25) is 4.79 Å². The van der Waals surface area contributed by atoms with Gasteiger partial charge in [0.05, 0.1) is 44.1 Å². The van der Waals surface area contributed by atoms with E-state index in [2.05, 4.69) is 20.8 Å². The normalized spacial score (nSPS) is 54.6. The first kappa shape index (κ1) is 62.0. The molecule has 0 aromatic carbocycles. The van der Waals surface area contributed by atoms with E-state index in [0.717, 1.165) is 0 Å². The van der Waals surface area contributed by atoms with Gasteiger partial charge in [0.25, 0.3) is 0 Å². The lowest BCUT2D eigenvalue weighted by molar-refractivity contribution is -0.389. The first-order chi connectivity index (χ1) is 37.2. The minimum Gasteiger partial charge on any atom is -0.432 e. The molecule has 5 saturated heterocycles. The van der Waals surface area contributed by atoms with Crippen LogP contribution in [0.4, 0.5) is 0 Å². The van der Waals surface area contributed by atoms with Gasteiger partial charge in [0.1, 0.15) is 116 Å². The van der Waals surface area contributed by atoms with E-state index in [1.54, 1.807) is 6.92 Å². The molecule has 0 radical (unpaired) electrons. The molecule has 0 aromatic heterocycles. The fourth-order valence-electron chi connectivity index (χ4n) is 15.8. The summed E-state index contributed by atoms with van der Waals surface area (Å²) in [5, 5.41) is 181. The third-order valence-corrected chi connectivity index (χ3v) is 20.0. The fraction of sp³-hybridized carbons (Fsp3) is 0.980. The third kappa shape index (κ3) is 10.5. The van der Waals surface area contributed by atoms with Crippen molar-refractivity contribution >= 4 is 5.97 Å². The molecule has 2 bridgehead atoms. The van der Waals surface area contributed by atoms with Crippen molar-refractivity contribution in [3.05, 3.63) is 0 Å². The van der Waals surface area contributed by atoms with E-state index in [1.807, 2.05) is 0 Å². The number of hydrogen-bond acceptors (Lipinski definition) is 28. The van der Waals surface area contributed by atoms with Crippen LogP contribution in [0.1, 0.15) is 85.5 Å². The van der Waals surface area contributed by atoms with Gasteiger partial charge in [-0.2, -0.15) is 0 Å². The van der Waals surface area contributed by atoms with Crippen LogP contribution in [0.5, 0.6) is 0 Å². The van der Waals surface area contributed by atoms with Crippen molar-refractivity contribution < 1.29 is 139 Å². The number of ether oxygens (including phenoxy) is 10. The van der Waals surface area contributed by atoms with Crippen LogP contribution >= 0.6 is 0 Å². The second kappa shape index (κ2) is 23.4. The molecule has 79 heavy (non-hydrogen) atoms. The minimum absolute atomic E-state index is 0.0193. The molecule has 4 aliphatic carbocycles. The smallest absolute Gasteiger partial charge is 0.314 e. The monoisotopic (exact) mass is 1140 g/mol. The molecule has 456 valence electrons. The van der Waals surface area contributed by atoms with Gasteiger partial charge in [0, 0.05) is 0 Å². The Morgan fingerprint density at radius 3 is 1.34 bits per heavy atom. The van der Waals surface area contributed by atoms with Gasteiger partial charge in [0.2, 0.25) is 6.29 Å². The van der Waals surface area contributed by atoms with Gasteiger partial charge in [-0.15, -0.1) is 0 Å². The molecular formula is C51H84O28. The highest BCUT2D eigenvalue weighted by atomic mass is 16.8. The predicted octanol–water partition coefficient (Wildman–Crippen LogP) is -6.82. The van der Waals surface area contributed by atoms with E-state index in [0.29, 0.717) is 57.8 Å². The number of aliphatic hydroxyl groups excluding tert-OH is 17. The Morgan fingerprint density at radius 2 is 0.848 bits per heavy atom. The molecule has 5 heterocycles. The highest BCUT2D eigenvalue weighted by Crippen LogP contribution is 2.76. The Bertz CT molecular complexity index is 2070. The van der Waals surface area contributed by atoms with E-state index < -0.39 is 220 Å². The number of hydrogen-bond donors (Lipinski definition) is 17. The van der Waals surface area contributed by atoms with Crippen molar-refractivity contribution in [3.63, 3.8) is 0 Å². The van der Waals surface area contributed by atoms with Gasteiger partial charge >= 0.3 is 5.97 Å². The molecule has 5 aliphatic heterocycles. The first-order valence-corrected chi connectivity index (χ1v) is 27.5. The van der Waals surface area contributed by atoms with Crippen molar-refractivity contribution in [1.29, 1.82) is 0 Å². The molecule has 28 nitrogen and oxygen atoms in total. The van der Waals surface area contributed by atoms with E-state index in [-0.39, 0.29) is 11.8 Å². The summed E-state index contributed by atoms with van der Waals surface area (Å²) in [6.45, 7) is 3.96. The molecule has 0 aromatic rings. The Morgan fingerprint density at radius 1 is 0.430 bits per heavy atom. The summed E-state index contributed by atoms with van der Waals surface area (Å²) in [4.78, 5) is 15.3. The Hall–Kier alpha value is -1.57. The summed E-state index contributed by atoms with van der Waals surface area (Å²) in [5.74, 6) is -1.15. The molecule has 4 saturated carbocycles. The van der Waals surface area contributed by atoms with Crippen LogP contribution in [0, 0.1) is 33.5 Å². The van der Waals surface area contributed by atoms with Crippen LogP contribution in [0.15, 0.2) is 0 Å².